The van der Waals surface area contributed by atoms with Crippen LogP contribution in [0.1, 0.15) is 63.8 Å². The fourth-order valence-electron chi connectivity index (χ4n) is 3.51. The number of hydrogen-bond donors (Lipinski definition) is 1. The van der Waals surface area contributed by atoms with Crippen molar-refractivity contribution in [3.05, 3.63) is 47.7 Å². The Kier molecular flexibility index (Phi) is 5.08. The van der Waals surface area contributed by atoms with E-state index in [1.165, 1.54) is 6.92 Å². The second-order valence-corrected chi connectivity index (χ2v) is 8.58. The van der Waals surface area contributed by atoms with Gasteiger partial charge in [0.1, 0.15) is 0 Å². The number of hydrogen-bond acceptors (Lipinski definition) is 3. The topological polar surface area (TPSA) is 50.9 Å². The molecule has 2 unspecified atom stereocenters. The SMILES string of the molecule is Cc1cc(-c2cnc(C(C)F)nc2)cc2c(C(C)O)cn(CC(C)(C)C)c12. The van der Waals surface area contributed by atoms with Crippen molar-refractivity contribution in [2.45, 2.75) is 60.4 Å². The number of nitrogens with zero attached hydrogens (tertiary/aromatic N) is 3. The van der Waals surface area contributed by atoms with Crippen molar-refractivity contribution in [2.24, 2.45) is 5.41 Å². The lowest BCUT2D eigenvalue weighted by Crippen LogP contribution is -2.15. The Labute approximate surface area is 160 Å². The van der Waals surface area contributed by atoms with Crippen molar-refractivity contribution in [2.75, 3.05) is 0 Å². The predicted molar refractivity (Wildman–Crippen MR) is 107 cm³/mol. The molecule has 0 spiro atoms. The van der Waals surface area contributed by atoms with E-state index in [0.29, 0.717) is 0 Å². The summed E-state index contributed by atoms with van der Waals surface area (Å²) >= 11 is 0. The Morgan fingerprint density at radius 3 is 2.26 bits per heavy atom. The number of halogens is 1. The van der Waals surface area contributed by atoms with E-state index in [-0.39, 0.29) is 11.2 Å². The van der Waals surface area contributed by atoms with Gasteiger partial charge in [-0.05, 0) is 49.4 Å². The van der Waals surface area contributed by atoms with Crippen LogP contribution >= 0.6 is 0 Å². The lowest BCUT2D eigenvalue weighted by Gasteiger charge is -2.20. The number of aryl methyl sites for hydroxylation is 1. The quantitative estimate of drug-likeness (QED) is 0.657. The zero-order chi connectivity index (χ0) is 19.9. The number of alkyl halides is 1. The molecule has 0 aliphatic heterocycles. The largest absolute Gasteiger partial charge is 0.389 e. The minimum absolute atomic E-state index is 0.125. The van der Waals surface area contributed by atoms with Crippen molar-refractivity contribution in [1.29, 1.82) is 0 Å². The summed E-state index contributed by atoms with van der Waals surface area (Å²) in [7, 11) is 0. The van der Waals surface area contributed by atoms with Gasteiger partial charge < -0.3 is 9.67 Å². The van der Waals surface area contributed by atoms with E-state index >= 15 is 0 Å². The highest BCUT2D eigenvalue weighted by atomic mass is 19.1. The molecule has 144 valence electrons. The highest BCUT2D eigenvalue weighted by Crippen LogP contribution is 2.34. The van der Waals surface area contributed by atoms with Crippen LogP contribution in [0.5, 0.6) is 0 Å². The molecule has 1 aromatic carbocycles. The first-order chi connectivity index (χ1) is 12.6. The average Bonchev–Trinajstić information content (AvgIpc) is 2.92. The van der Waals surface area contributed by atoms with E-state index in [9.17, 15) is 9.50 Å². The molecule has 0 saturated heterocycles. The van der Waals surface area contributed by atoms with E-state index in [1.807, 2.05) is 0 Å². The summed E-state index contributed by atoms with van der Waals surface area (Å²) in [4.78, 5) is 8.27. The first-order valence-corrected chi connectivity index (χ1v) is 9.34. The summed E-state index contributed by atoms with van der Waals surface area (Å²) in [6.45, 7) is 12.8. The Morgan fingerprint density at radius 1 is 1.11 bits per heavy atom. The summed E-state index contributed by atoms with van der Waals surface area (Å²) in [5, 5.41) is 11.3. The molecule has 2 heterocycles. The molecule has 3 rings (SSSR count). The zero-order valence-electron chi connectivity index (χ0n) is 16.9. The Morgan fingerprint density at radius 2 is 1.74 bits per heavy atom. The van der Waals surface area contributed by atoms with E-state index in [0.717, 1.165) is 39.7 Å². The van der Waals surface area contributed by atoms with E-state index in [2.05, 4.69) is 60.6 Å². The zero-order valence-corrected chi connectivity index (χ0v) is 16.9. The first-order valence-electron chi connectivity index (χ1n) is 9.34. The molecule has 0 saturated carbocycles. The van der Waals surface area contributed by atoms with E-state index in [1.54, 1.807) is 19.3 Å². The summed E-state index contributed by atoms with van der Waals surface area (Å²) < 4.78 is 15.6. The maximum Gasteiger partial charge on any atom is 0.162 e. The third-order valence-electron chi connectivity index (χ3n) is 4.65. The van der Waals surface area contributed by atoms with Crippen LogP contribution in [-0.4, -0.2) is 19.6 Å². The molecule has 4 nitrogen and oxygen atoms in total. The number of rotatable bonds is 4. The highest BCUT2D eigenvalue weighted by molar-refractivity contribution is 5.91. The van der Waals surface area contributed by atoms with E-state index in [4.69, 9.17) is 0 Å². The number of aromatic nitrogens is 3. The Balaban J connectivity index is 2.16. The smallest absolute Gasteiger partial charge is 0.162 e. The molecule has 0 aliphatic carbocycles. The number of benzene rings is 1. The third-order valence-corrected chi connectivity index (χ3v) is 4.65. The lowest BCUT2D eigenvalue weighted by molar-refractivity contribution is 0.200. The van der Waals surface area contributed by atoms with Crippen molar-refractivity contribution in [3.8, 4) is 11.1 Å². The van der Waals surface area contributed by atoms with E-state index < -0.39 is 12.3 Å². The van der Waals surface area contributed by atoms with Crippen LogP contribution in [0.4, 0.5) is 4.39 Å². The molecule has 0 aliphatic rings. The summed E-state index contributed by atoms with van der Waals surface area (Å²) in [5.41, 5.74) is 5.10. The maximum absolute atomic E-state index is 13.4. The minimum Gasteiger partial charge on any atom is -0.389 e. The molecular weight excluding hydrogens is 341 g/mol. The molecule has 2 aromatic heterocycles. The average molecular weight is 369 g/mol. The van der Waals surface area contributed by atoms with Gasteiger partial charge in [0, 0.05) is 41.6 Å². The summed E-state index contributed by atoms with van der Waals surface area (Å²) in [5.74, 6) is 0.192. The highest BCUT2D eigenvalue weighted by Gasteiger charge is 2.19. The molecule has 0 amide bonds. The first kappa shape index (κ1) is 19.5. The fraction of sp³-hybridized carbons (Fsp3) is 0.455. The van der Waals surface area contributed by atoms with Gasteiger partial charge in [-0.3, -0.25) is 0 Å². The maximum atomic E-state index is 13.4. The number of aliphatic hydroxyl groups excluding tert-OH is 1. The Bertz CT molecular complexity index is 950. The standard InChI is InChI=1S/C22H28FN3O/c1-13-7-16(17-9-24-21(14(2)23)25-10-17)8-18-19(15(3)27)11-26(20(13)18)12-22(4,5)6/h7-11,14-15,27H,12H2,1-6H3. The van der Waals surface area contributed by atoms with Gasteiger partial charge >= 0.3 is 0 Å². The van der Waals surface area contributed by atoms with Gasteiger partial charge in [0.2, 0.25) is 0 Å². The normalized spacial score (nSPS) is 14.5. The third kappa shape index (κ3) is 4.03. The minimum atomic E-state index is -1.18. The lowest BCUT2D eigenvalue weighted by atomic mass is 9.96. The summed E-state index contributed by atoms with van der Waals surface area (Å²) in [6.07, 6.45) is 3.63. The number of fused-ring (bicyclic) bond motifs is 1. The molecule has 0 fully saturated rings. The van der Waals surface area contributed by atoms with Crippen LogP contribution in [-0.2, 0) is 6.54 Å². The molecule has 3 aromatic rings. The van der Waals surface area contributed by atoms with Crippen LogP contribution in [0.25, 0.3) is 22.0 Å². The van der Waals surface area contributed by atoms with Gasteiger partial charge in [0.25, 0.3) is 0 Å². The van der Waals surface area contributed by atoms with Crippen LogP contribution in [0.2, 0.25) is 0 Å². The van der Waals surface area contributed by atoms with Crippen molar-refractivity contribution in [1.82, 2.24) is 14.5 Å². The molecule has 0 radical (unpaired) electrons. The van der Waals surface area contributed by atoms with Gasteiger partial charge in [-0.2, -0.15) is 0 Å². The van der Waals surface area contributed by atoms with Gasteiger partial charge in [0.15, 0.2) is 12.0 Å². The van der Waals surface area contributed by atoms with Gasteiger partial charge in [-0.25, -0.2) is 14.4 Å². The second-order valence-electron chi connectivity index (χ2n) is 8.58. The molecule has 0 bridgehead atoms. The Hall–Kier alpha value is -2.27. The van der Waals surface area contributed by atoms with Crippen LogP contribution in [0.15, 0.2) is 30.7 Å². The monoisotopic (exact) mass is 369 g/mol. The van der Waals surface area contributed by atoms with Crippen molar-refractivity contribution >= 4 is 10.9 Å². The van der Waals surface area contributed by atoms with Gasteiger partial charge in [0.05, 0.1) is 11.6 Å². The van der Waals surface area contributed by atoms with Crippen molar-refractivity contribution < 1.29 is 9.50 Å². The summed E-state index contributed by atoms with van der Waals surface area (Å²) in [6, 6.07) is 4.17. The van der Waals surface area contributed by atoms with Crippen LogP contribution < -0.4 is 0 Å². The molecule has 5 heteroatoms. The fourth-order valence-corrected chi connectivity index (χ4v) is 3.51. The number of aliphatic hydroxyl groups is 1. The molecular formula is C22H28FN3O. The predicted octanol–water partition coefficient (Wildman–Crippen LogP) is 5.54. The van der Waals surface area contributed by atoms with Gasteiger partial charge in [-0.15, -0.1) is 0 Å². The van der Waals surface area contributed by atoms with Crippen molar-refractivity contribution in [3.63, 3.8) is 0 Å². The molecule has 1 N–H and O–H groups in total. The van der Waals surface area contributed by atoms with Gasteiger partial charge in [-0.1, -0.05) is 20.8 Å². The molecule has 2 atom stereocenters. The second kappa shape index (κ2) is 7.04. The van der Waals surface area contributed by atoms with Crippen LogP contribution in [0.3, 0.4) is 0 Å². The molecule has 27 heavy (non-hydrogen) atoms. The van der Waals surface area contributed by atoms with Crippen LogP contribution in [0, 0.1) is 12.3 Å².